The third-order valence-corrected chi connectivity index (χ3v) is 7.67. The average molecular weight is 490 g/mol. The highest BCUT2D eigenvalue weighted by Crippen LogP contribution is 2.41. The van der Waals surface area contributed by atoms with Crippen LogP contribution in [0.15, 0.2) is 12.3 Å². The minimum atomic E-state index is -1.18. The number of pyridine rings is 1. The number of carboxylic acid groups (broad SMARTS) is 1. The second kappa shape index (κ2) is 10.7. The van der Waals surface area contributed by atoms with E-state index < -0.39 is 11.6 Å². The number of aliphatic carboxylic acids is 1. The molecule has 34 heavy (non-hydrogen) atoms. The number of hydrogen-bond acceptors (Lipinski definition) is 7. The summed E-state index contributed by atoms with van der Waals surface area (Å²) >= 11 is 1.63. The number of likely N-dealkylation sites (tertiary alicyclic amines) is 1. The van der Waals surface area contributed by atoms with Crippen LogP contribution in [-0.2, 0) is 16.1 Å². The van der Waals surface area contributed by atoms with E-state index in [1.807, 2.05) is 27.7 Å². The van der Waals surface area contributed by atoms with Crippen LogP contribution in [0.4, 0.5) is 0 Å². The van der Waals surface area contributed by atoms with E-state index in [1.165, 1.54) is 0 Å². The number of nitrogens with zero attached hydrogens (tertiary/aromatic N) is 3. The molecular weight excluding hydrogens is 450 g/mol. The van der Waals surface area contributed by atoms with Gasteiger partial charge in [-0.15, -0.1) is 11.3 Å². The van der Waals surface area contributed by atoms with Crippen LogP contribution in [0.5, 0.6) is 5.88 Å². The molecule has 0 aromatic carbocycles. The molecule has 1 aliphatic heterocycles. The van der Waals surface area contributed by atoms with Crippen molar-refractivity contribution in [2.45, 2.75) is 73.5 Å². The number of aryl methyl sites for hydroxylation is 2. The lowest BCUT2D eigenvalue weighted by molar-refractivity contribution is -0.181. The van der Waals surface area contributed by atoms with Crippen LogP contribution in [0.25, 0.3) is 10.6 Å². The molecule has 3 rings (SSSR count). The Morgan fingerprint density at radius 1 is 1.32 bits per heavy atom. The van der Waals surface area contributed by atoms with Gasteiger partial charge in [0, 0.05) is 37.3 Å². The Kier molecular flexibility index (Phi) is 8.37. The monoisotopic (exact) mass is 489 g/mol. The molecule has 1 saturated heterocycles. The molecule has 1 aliphatic rings. The topological polar surface area (TPSA) is 84.8 Å². The van der Waals surface area contributed by atoms with Crippen molar-refractivity contribution in [3.05, 3.63) is 28.4 Å². The summed E-state index contributed by atoms with van der Waals surface area (Å²) in [5, 5.41) is 11.1. The van der Waals surface area contributed by atoms with Crippen molar-refractivity contribution in [3.63, 3.8) is 0 Å². The van der Waals surface area contributed by atoms with Gasteiger partial charge >= 0.3 is 5.97 Å². The van der Waals surface area contributed by atoms with Crippen molar-refractivity contribution in [1.29, 1.82) is 0 Å². The van der Waals surface area contributed by atoms with Crippen LogP contribution < -0.4 is 4.74 Å². The standard InChI is InChI=1S/C26H39N3O4S/c1-8-10-33-26(24(30)31)12-19(25(5,6)7)14-29(16-26)15-21-18(4)28-23(34-21)20-11-17(3)13-27-22(20)32-9-2/h11,13,19H,8-10,12,14-16H2,1-7H3,(H,30,31)/t19?,26-/m0/s1. The van der Waals surface area contributed by atoms with Gasteiger partial charge in [-0.3, -0.25) is 4.90 Å². The van der Waals surface area contributed by atoms with E-state index in [0.29, 0.717) is 38.6 Å². The number of ether oxygens (including phenoxy) is 2. The van der Waals surface area contributed by atoms with Gasteiger partial charge in [-0.2, -0.15) is 0 Å². The third kappa shape index (κ3) is 5.96. The molecule has 2 aromatic heterocycles. The maximum atomic E-state index is 12.5. The van der Waals surface area contributed by atoms with Crippen molar-refractivity contribution < 1.29 is 19.4 Å². The second-order valence-corrected chi connectivity index (χ2v) is 11.5. The number of carbonyl (C=O) groups is 1. The number of rotatable bonds is 9. The lowest BCUT2D eigenvalue weighted by atomic mass is 9.71. The first-order valence-corrected chi connectivity index (χ1v) is 13.0. The molecule has 0 spiro atoms. The molecule has 2 atom stereocenters. The lowest BCUT2D eigenvalue weighted by Crippen LogP contribution is -2.59. The number of aromatic nitrogens is 2. The van der Waals surface area contributed by atoms with Gasteiger partial charge in [0.25, 0.3) is 0 Å². The van der Waals surface area contributed by atoms with E-state index in [2.05, 4.69) is 36.7 Å². The van der Waals surface area contributed by atoms with Crippen LogP contribution in [0, 0.1) is 25.2 Å². The maximum Gasteiger partial charge on any atom is 0.337 e. The van der Waals surface area contributed by atoms with Crippen LogP contribution in [0.3, 0.4) is 0 Å². The molecule has 0 aliphatic carbocycles. The molecule has 0 radical (unpaired) electrons. The number of thiazole rings is 1. The van der Waals surface area contributed by atoms with Gasteiger partial charge in [0.05, 0.1) is 17.9 Å². The molecule has 1 fully saturated rings. The molecule has 1 unspecified atom stereocenters. The molecule has 2 aromatic rings. The first-order valence-electron chi connectivity index (χ1n) is 12.1. The van der Waals surface area contributed by atoms with Gasteiger partial charge in [-0.05, 0) is 56.6 Å². The van der Waals surface area contributed by atoms with E-state index in [4.69, 9.17) is 14.5 Å². The zero-order valence-corrected chi connectivity index (χ0v) is 22.4. The largest absolute Gasteiger partial charge is 0.479 e. The Morgan fingerprint density at radius 3 is 2.68 bits per heavy atom. The summed E-state index contributed by atoms with van der Waals surface area (Å²) in [5.74, 6) is -0.0710. The molecular formula is C26H39N3O4S. The Morgan fingerprint density at radius 2 is 2.06 bits per heavy atom. The van der Waals surface area contributed by atoms with Gasteiger partial charge in [0.15, 0.2) is 5.60 Å². The highest BCUT2D eigenvalue weighted by Gasteiger charge is 2.49. The van der Waals surface area contributed by atoms with Crippen molar-refractivity contribution in [2.24, 2.45) is 11.3 Å². The fourth-order valence-electron chi connectivity index (χ4n) is 4.44. The zero-order chi connectivity index (χ0) is 25.1. The molecule has 8 heteroatoms. The number of hydrogen-bond donors (Lipinski definition) is 1. The summed E-state index contributed by atoms with van der Waals surface area (Å²) in [6.07, 6.45) is 3.12. The summed E-state index contributed by atoms with van der Waals surface area (Å²) in [7, 11) is 0. The SMILES string of the molecule is CCCO[C@@]1(C(=O)O)CC(C(C)(C)C)CN(Cc2sc(-c3cc(C)cnc3OCC)nc2C)C1. The van der Waals surface area contributed by atoms with Gasteiger partial charge in [0.2, 0.25) is 5.88 Å². The highest BCUT2D eigenvalue weighted by molar-refractivity contribution is 7.15. The van der Waals surface area contributed by atoms with Crippen molar-refractivity contribution in [3.8, 4) is 16.5 Å². The normalized spacial score (nSPS) is 21.6. The van der Waals surface area contributed by atoms with Gasteiger partial charge in [0.1, 0.15) is 5.01 Å². The first-order chi connectivity index (χ1) is 16.0. The van der Waals surface area contributed by atoms with Crippen LogP contribution in [-0.4, -0.2) is 57.8 Å². The smallest absolute Gasteiger partial charge is 0.337 e. The Labute approximate surface area is 207 Å². The molecule has 0 bridgehead atoms. The van der Waals surface area contributed by atoms with Gasteiger partial charge in [-0.1, -0.05) is 27.7 Å². The van der Waals surface area contributed by atoms with E-state index in [9.17, 15) is 9.90 Å². The summed E-state index contributed by atoms with van der Waals surface area (Å²) < 4.78 is 11.8. The Balaban J connectivity index is 1.92. The molecule has 0 saturated carbocycles. The van der Waals surface area contributed by atoms with E-state index in [0.717, 1.165) is 39.7 Å². The lowest BCUT2D eigenvalue weighted by Gasteiger charge is -2.47. The van der Waals surface area contributed by atoms with Gasteiger partial charge < -0.3 is 14.6 Å². The average Bonchev–Trinajstić information content (AvgIpc) is 3.12. The van der Waals surface area contributed by atoms with Crippen LogP contribution >= 0.6 is 11.3 Å². The van der Waals surface area contributed by atoms with Gasteiger partial charge in [-0.25, -0.2) is 14.8 Å². The molecule has 3 heterocycles. The van der Waals surface area contributed by atoms with Crippen molar-refractivity contribution >= 4 is 17.3 Å². The molecule has 0 amide bonds. The Bertz CT molecular complexity index is 1000. The van der Waals surface area contributed by atoms with Crippen molar-refractivity contribution in [1.82, 2.24) is 14.9 Å². The highest BCUT2D eigenvalue weighted by atomic mass is 32.1. The fraction of sp³-hybridized carbons (Fsp3) is 0.654. The van der Waals surface area contributed by atoms with Crippen molar-refractivity contribution in [2.75, 3.05) is 26.3 Å². The quantitative estimate of drug-likeness (QED) is 0.509. The predicted molar refractivity (Wildman–Crippen MR) is 135 cm³/mol. The van der Waals surface area contributed by atoms with E-state index in [-0.39, 0.29) is 11.3 Å². The fourth-order valence-corrected chi connectivity index (χ4v) is 5.55. The third-order valence-electron chi connectivity index (χ3n) is 6.49. The minimum Gasteiger partial charge on any atom is -0.479 e. The molecule has 7 nitrogen and oxygen atoms in total. The minimum absolute atomic E-state index is 0.0253. The van der Waals surface area contributed by atoms with E-state index in [1.54, 1.807) is 17.5 Å². The van der Waals surface area contributed by atoms with Crippen LogP contribution in [0.1, 0.15) is 63.6 Å². The first kappa shape index (κ1) is 26.6. The summed E-state index contributed by atoms with van der Waals surface area (Å²) in [6.45, 7) is 17.4. The zero-order valence-electron chi connectivity index (χ0n) is 21.6. The number of piperidine rings is 1. The van der Waals surface area contributed by atoms with Crippen LogP contribution in [0.2, 0.25) is 0 Å². The van der Waals surface area contributed by atoms with E-state index >= 15 is 0 Å². The number of carboxylic acids is 1. The maximum absolute atomic E-state index is 12.5. The molecule has 188 valence electrons. The summed E-state index contributed by atoms with van der Waals surface area (Å²) in [5.41, 5.74) is 1.70. The predicted octanol–water partition coefficient (Wildman–Crippen LogP) is 5.34. The Hall–Kier alpha value is -2.03. The summed E-state index contributed by atoms with van der Waals surface area (Å²) in [6, 6.07) is 2.06. The summed E-state index contributed by atoms with van der Waals surface area (Å²) in [4.78, 5) is 25.1. The second-order valence-electron chi connectivity index (χ2n) is 10.4. The molecule has 1 N–H and O–H groups in total.